The molecule has 0 saturated heterocycles. The highest BCUT2D eigenvalue weighted by Crippen LogP contribution is 2.14. The van der Waals surface area contributed by atoms with Crippen LogP contribution in [-0.2, 0) is 11.8 Å². The van der Waals surface area contributed by atoms with E-state index >= 15 is 0 Å². The third-order valence-corrected chi connectivity index (χ3v) is 3.14. The molecule has 0 fully saturated rings. The molecule has 3 N–H and O–H groups in total. The van der Waals surface area contributed by atoms with Gasteiger partial charge >= 0.3 is 12.0 Å². The SMILES string of the molecule is CCC(CCNC(=O)Nc1cnn(C)c1)CCC(=O)O. The van der Waals surface area contributed by atoms with Crippen LogP contribution in [0.25, 0.3) is 0 Å². The second-order valence-corrected chi connectivity index (χ2v) is 4.78. The summed E-state index contributed by atoms with van der Waals surface area (Å²) in [5.41, 5.74) is 0.642. The summed E-state index contributed by atoms with van der Waals surface area (Å²) < 4.78 is 1.61. The van der Waals surface area contributed by atoms with Crippen LogP contribution in [0.1, 0.15) is 32.6 Å². The Morgan fingerprint density at radius 1 is 1.45 bits per heavy atom. The van der Waals surface area contributed by atoms with Gasteiger partial charge in [0.05, 0.1) is 11.9 Å². The quantitative estimate of drug-likeness (QED) is 0.677. The molecular formula is C13H22N4O3. The van der Waals surface area contributed by atoms with E-state index in [1.54, 1.807) is 24.1 Å². The Balaban J connectivity index is 2.21. The van der Waals surface area contributed by atoms with Crippen molar-refractivity contribution in [1.82, 2.24) is 15.1 Å². The van der Waals surface area contributed by atoms with E-state index < -0.39 is 5.97 Å². The van der Waals surface area contributed by atoms with Crippen molar-refractivity contribution in [3.05, 3.63) is 12.4 Å². The van der Waals surface area contributed by atoms with E-state index in [0.717, 1.165) is 12.8 Å². The molecule has 0 bridgehead atoms. The number of hydrogen-bond acceptors (Lipinski definition) is 3. The van der Waals surface area contributed by atoms with Gasteiger partial charge in [0, 0.05) is 26.2 Å². The van der Waals surface area contributed by atoms with E-state index in [0.29, 0.717) is 24.6 Å². The number of nitrogens with zero attached hydrogens (tertiary/aromatic N) is 2. The molecule has 2 amide bonds. The van der Waals surface area contributed by atoms with E-state index in [1.807, 2.05) is 6.92 Å². The molecule has 20 heavy (non-hydrogen) atoms. The van der Waals surface area contributed by atoms with E-state index in [1.165, 1.54) is 0 Å². The summed E-state index contributed by atoms with van der Waals surface area (Å²) in [5.74, 6) is -0.449. The monoisotopic (exact) mass is 282 g/mol. The highest BCUT2D eigenvalue weighted by Gasteiger charge is 2.10. The maximum absolute atomic E-state index is 11.6. The number of aliphatic carboxylic acids is 1. The molecule has 7 nitrogen and oxygen atoms in total. The fraction of sp³-hybridized carbons (Fsp3) is 0.615. The zero-order valence-corrected chi connectivity index (χ0v) is 11.9. The van der Waals surface area contributed by atoms with Gasteiger partial charge in [0.15, 0.2) is 0 Å². The Kier molecular flexibility index (Phi) is 6.55. The zero-order valence-electron chi connectivity index (χ0n) is 11.9. The molecular weight excluding hydrogens is 260 g/mol. The lowest BCUT2D eigenvalue weighted by atomic mass is 9.97. The fourth-order valence-corrected chi connectivity index (χ4v) is 1.93. The Bertz CT molecular complexity index is 445. The van der Waals surface area contributed by atoms with Crippen LogP contribution in [0.2, 0.25) is 0 Å². The van der Waals surface area contributed by atoms with Gasteiger partial charge in [-0.1, -0.05) is 13.3 Å². The minimum Gasteiger partial charge on any atom is -0.481 e. The zero-order chi connectivity index (χ0) is 15.0. The first-order chi connectivity index (χ1) is 9.51. The first kappa shape index (κ1) is 16.0. The van der Waals surface area contributed by atoms with Crippen LogP contribution in [0.4, 0.5) is 10.5 Å². The summed E-state index contributed by atoms with van der Waals surface area (Å²) in [4.78, 5) is 22.1. The lowest BCUT2D eigenvalue weighted by molar-refractivity contribution is -0.137. The number of carboxylic acid groups (broad SMARTS) is 1. The molecule has 1 aromatic rings. The highest BCUT2D eigenvalue weighted by atomic mass is 16.4. The van der Waals surface area contributed by atoms with E-state index in [4.69, 9.17) is 5.11 Å². The number of anilines is 1. The summed E-state index contributed by atoms with van der Waals surface area (Å²) in [6.45, 7) is 2.56. The summed E-state index contributed by atoms with van der Waals surface area (Å²) in [6.07, 6.45) is 5.81. The first-order valence-corrected chi connectivity index (χ1v) is 6.76. The van der Waals surface area contributed by atoms with Crippen molar-refractivity contribution in [2.75, 3.05) is 11.9 Å². The van der Waals surface area contributed by atoms with Gasteiger partial charge in [-0.15, -0.1) is 0 Å². The standard InChI is InChI=1S/C13H22N4O3/c1-3-10(4-5-12(18)19)6-7-14-13(20)16-11-8-15-17(2)9-11/h8-10H,3-7H2,1-2H3,(H,18,19)(H2,14,16,20). The molecule has 7 heteroatoms. The number of amides is 2. The van der Waals surface area contributed by atoms with Crippen LogP contribution in [0.15, 0.2) is 12.4 Å². The molecule has 1 atom stereocenters. The third kappa shape index (κ3) is 6.21. The van der Waals surface area contributed by atoms with E-state index in [2.05, 4.69) is 15.7 Å². The van der Waals surface area contributed by atoms with Crippen LogP contribution in [0.3, 0.4) is 0 Å². The van der Waals surface area contributed by atoms with Crippen molar-refractivity contribution in [2.45, 2.75) is 32.6 Å². The predicted molar refractivity (Wildman–Crippen MR) is 75.5 cm³/mol. The number of rotatable bonds is 8. The summed E-state index contributed by atoms with van der Waals surface area (Å²) >= 11 is 0. The molecule has 112 valence electrons. The summed E-state index contributed by atoms with van der Waals surface area (Å²) in [7, 11) is 1.78. The van der Waals surface area contributed by atoms with Gasteiger partial charge < -0.3 is 15.7 Å². The summed E-state index contributed by atoms with van der Waals surface area (Å²) in [6, 6.07) is -0.272. The van der Waals surface area contributed by atoms with Crippen LogP contribution in [0.5, 0.6) is 0 Å². The lowest BCUT2D eigenvalue weighted by Crippen LogP contribution is -2.30. The molecule has 0 aliphatic rings. The van der Waals surface area contributed by atoms with Crippen molar-refractivity contribution in [3.8, 4) is 0 Å². The molecule has 1 unspecified atom stereocenters. The average Bonchev–Trinajstić information content (AvgIpc) is 2.78. The van der Waals surface area contributed by atoms with Gasteiger partial charge in [0.2, 0.25) is 0 Å². The average molecular weight is 282 g/mol. The molecule has 0 radical (unpaired) electrons. The van der Waals surface area contributed by atoms with E-state index in [-0.39, 0.29) is 12.5 Å². The molecule has 1 aromatic heterocycles. The normalized spacial score (nSPS) is 11.9. The van der Waals surface area contributed by atoms with Crippen molar-refractivity contribution < 1.29 is 14.7 Å². The van der Waals surface area contributed by atoms with Crippen molar-refractivity contribution in [1.29, 1.82) is 0 Å². The van der Waals surface area contributed by atoms with Gasteiger partial charge in [-0.25, -0.2) is 4.79 Å². The number of aryl methyl sites for hydroxylation is 1. The van der Waals surface area contributed by atoms with Gasteiger partial charge in [0.1, 0.15) is 0 Å². The van der Waals surface area contributed by atoms with Crippen LogP contribution in [-0.4, -0.2) is 33.4 Å². The number of aromatic nitrogens is 2. The minimum atomic E-state index is -0.772. The molecule has 1 heterocycles. The smallest absolute Gasteiger partial charge is 0.319 e. The molecule has 0 aromatic carbocycles. The maximum atomic E-state index is 11.6. The Morgan fingerprint density at radius 3 is 2.75 bits per heavy atom. The Morgan fingerprint density at radius 2 is 2.20 bits per heavy atom. The number of carbonyl (C=O) groups excluding carboxylic acids is 1. The number of carboxylic acids is 1. The molecule has 0 aliphatic heterocycles. The largest absolute Gasteiger partial charge is 0.481 e. The van der Waals surface area contributed by atoms with Crippen molar-refractivity contribution >= 4 is 17.7 Å². The molecule has 0 spiro atoms. The van der Waals surface area contributed by atoms with Crippen molar-refractivity contribution in [3.63, 3.8) is 0 Å². The van der Waals surface area contributed by atoms with Crippen LogP contribution >= 0.6 is 0 Å². The minimum absolute atomic E-state index is 0.181. The number of urea groups is 1. The molecule has 1 rings (SSSR count). The van der Waals surface area contributed by atoms with Crippen LogP contribution in [0, 0.1) is 5.92 Å². The van der Waals surface area contributed by atoms with Gasteiger partial charge in [-0.2, -0.15) is 5.10 Å². The number of nitrogens with one attached hydrogen (secondary N) is 2. The summed E-state index contributed by atoms with van der Waals surface area (Å²) in [5, 5.41) is 18.0. The Hall–Kier alpha value is -2.05. The Labute approximate surface area is 118 Å². The second-order valence-electron chi connectivity index (χ2n) is 4.78. The number of hydrogen-bond donors (Lipinski definition) is 3. The highest BCUT2D eigenvalue weighted by molar-refractivity contribution is 5.88. The first-order valence-electron chi connectivity index (χ1n) is 6.76. The van der Waals surface area contributed by atoms with E-state index in [9.17, 15) is 9.59 Å². The predicted octanol–water partition coefficient (Wildman–Crippen LogP) is 1.82. The maximum Gasteiger partial charge on any atom is 0.319 e. The van der Waals surface area contributed by atoms with Gasteiger partial charge in [0.25, 0.3) is 0 Å². The molecule has 0 saturated carbocycles. The third-order valence-electron chi connectivity index (χ3n) is 3.14. The van der Waals surface area contributed by atoms with Crippen LogP contribution < -0.4 is 10.6 Å². The van der Waals surface area contributed by atoms with Crippen molar-refractivity contribution in [2.24, 2.45) is 13.0 Å². The van der Waals surface area contributed by atoms with Gasteiger partial charge in [-0.3, -0.25) is 9.48 Å². The fourth-order valence-electron chi connectivity index (χ4n) is 1.93. The van der Waals surface area contributed by atoms with Gasteiger partial charge in [-0.05, 0) is 18.8 Å². The second kappa shape index (κ2) is 8.19. The number of carbonyl (C=O) groups is 2. The topological polar surface area (TPSA) is 96.3 Å². The lowest BCUT2D eigenvalue weighted by Gasteiger charge is -2.14. The molecule has 0 aliphatic carbocycles.